The van der Waals surface area contributed by atoms with Gasteiger partial charge in [0.1, 0.15) is 5.70 Å². The van der Waals surface area contributed by atoms with E-state index in [1.807, 2.05) is 35.2 Å². The molecule has 150 valence electrons. The van der Waals surface area contributed by atoms with Gasteiger partial charge in [-0.2, -0.15) is 5.26 Å². The van der Waals surface area contributed by atoms with Gasteiger partial charge in [0.15, 0.2) is 5.50 Å². The van der Waals surface area contributed by atoms with E-state index < -0.39 is 21.4 Å². The van der Waals surface area contributed by atoms with Gasteiger partial charge >= 0.3 is 0 Å². The van der Waals surface area contributed by atoms with Crippen LogP contribution in [0.15, 0.2) is 65.2 Å². The molecule has 0 bridgehead atoms. The highest BCUT2D eigenvalue weighted by atomic mass is 32.2. The maximum atomic E-state index is 12.6. The predicted molar refractivity (Wildman–Crippen MR) is 114 cm³/mol. The van der Waals surface area contributed by atoms with Gasteiger partial charge in [-0.3, -0.25) is 4.79 Å². The first-order valence-corrected chi connectivity index (χ1v) is 11.4. The molecule has 1 unspecified atom stereocenters. The average molecular weight is 429 g/mol. The zero-order valence-corrected chi connectivity index (χ0v) is 17.6. The Morgan fingerprint density at radius 1 is 1.21 bits per heavy atom. The number of hydrogen-bond donors (Lipinski definition) is 1. The minimum Gasteiger partial charge on any atom is -0.364 e. The number of nitrogens with two attached hydrogens (primary N) is 1. The number of amides is 1. The summed E-state index contributed by atoms with van der Waals surface area (Å²) in [6, 6.07) is 18.5. The van der Waals surface area contributed by atoms with Crippen LogP contribution >= 0.6 is 11.8 Å². The van der Waals surface area contributed by atoms with Crippen molar-refractivity contribution in [1.82, 2.24) is 4.31 Å². The number of carbonyl (C=O) groups excluding carboxylic acids is 1. The number of carbonyl (C=O) groups is 1. The van der Waals surface area contributed by atoms with Gasteiger partial charge in [0.25, 0.3) is 5.91 Å². The number of benzene rings is 2. The third kappa shape index (κ3) is 4.39. The molecule has 0 saturated carbocycles. The second-order valence-corrected chi connectivity index (χ2v) is 9.67. The molecule has 0 fully saturated rings. The molecule has 29 heavy (non-hydrogen) atoms. The zero-order chi connectivity index (χ0) is 21.2. The lowest BCUT2D eigenvalue weighted by atomic mass is 10.1. The Morgan fingerprint density at radius 2 is 1.83 bits per heavy atom. The number of allylic oxidation sites excluding steroid dienone is 1. The molecule has 3 rings (SSSR count). The summed E-state index contributed by atoms with van der Waals surface area (Å²) in [6.45, 7) is 2.08. The molecular weight excluding hydrogens is 408 g/mol. The Hall–Kier alpha value is -2.96. The van der Waals surface area contributed by atoms with E-state index in [9.17, 15) is 13.2 Å². The van der Waals surface area contributed by atoms with Gasteiger partial charge < -0.3 is 10.6 Å². The Kier molecular flexibility index (Phi) is 5.86. The van der Waals surface area contributed by atoms with E-state index in [0.29, 0.717) is 17.0 Å². The van der Waals surface area contributed by atoms with Crippen LogP contribution in [-0.4, -0.2) is 30.4 Å². The third-order valence-electron chi connectivity index (χ3n) is 4.42. The fourth-order valence-electron chi connectivity index (χ4n) is 3.13. The highest BCUT2D eigenvalue weighted by Gasteiger charge is 2.42. The maximum Gasteiger partial charge on any atom is 0.266 e. The molecular formula is C20H20N4O3S2. The number of sulfonamides is 1. The van der Waals surface area contributed by atoms with Crippen molar-refractivity contribution in [2.45, 2.75) is 19.0 Å². The standard InChI is InChI=1S/C20H20N4O3S2/c1-14-18(19(22)25)24(29(2,26)27)20(28-14)23(13-16-6-4-3-5-7-16)17-10-8-15(12-21)9-11-17/h3-11,20H,13H2,1-2H3,(H2,22,25). The minimum absolute atomic E-state index is 0.0193. The van der Waals surface area contributed by atoms with Crippen molar-refractivity contribution in [2.75, 3.05) is 11.2 Å². The van der Waals surface area contributed by atoms with Crippen LogP contribution < -0.4 is 10.6 Å². The summed E-state index contributed by atoms with van der Waals surface area (Å²) in [4.78, 5) is 14.4. The van der Waals surface area contributed by atoms with Crippen LogP contribution in [0.2, 0.25) is 0 Å². The molecule has 0 radical (unpaired) electrons. The Labute approximate surface area is 174 Å². The van der Waals surface area contributed by atoms with Crippen LogP contribution in [-0.2, 0) is 21.4 Å². The fraction of sp³-hybridized carbons (Fsp3) is 0.200. The van der Waals surface area contributed by atoms with Crippen LogP contribution in [0.4, 0.5) is 5.69 Å². The SMILES string of the molecule is CC1=C(C(N)=O)N(S(C)(=O)=O)C(N(Cc2ccccc2)c2ccc(C#N)cc2)S1. The van der Waals surface area contributed by atoms with E-state index in [2.05, 4.69) is 6.07 Å². The topological polar surface area (TPSA) is 108 Å². The lowest BCUT2D eigenvalue weighted by Gasteiger charge is -2.36. The number of anilines is 1. The van der Waals surface area contributed by atoms with E-state index in [1.165, 1.54) is 11.8 Å². The Morgan fingerprint density at radius 3 is 2.34 bits per heavy atom. The summed E-state index contributed by atoms with van der Waals surface area (Å²) in [5, 5.41) is 9.08. The molecule has 1 aliphatic heterocycles. The van der Waals surface area contributed by atoms with Gasteiger partial charge in [0, 0.05) is 17.1 Å². The molecule has 0 aromatic heterocycles. The van der Waals surface area contributed by atoms with Gasteiger partial charge in [0.2, 0.25) is 10.0 Å². The number of nitrogens with zero attached hydrogens (tertiary/aromatic N) is 3. The highest BCUT2D eigenvalue weighted by molar-refractivity contribution is 8.04. The number of hydrogen-bond acceptors (Lipinski definition) is 6. The van der Waals surface area contributed by atoms with Crippen LogP contribution in [0.1, 0.15) is 18.1 Å². The van der Waals surface area contributed by atoms with E-state index in [0.717, 1.165) is 21.8 Å². The number of nitriles is 1. The molecule has 2 N–H and O–H groups in total. The maximum absolute atomic E-state index is 12.6. The molecule has 9 heteroatoms. The van der Waals surface area contributed by atoms with E-state index in [-0.39, 0.29) is 5.70 Å². The van der Waals surface area contributed by atoms with Crippen molar-refractivity contribution in [1.29, 1.82) is 5.26 Å². The van der Waals surface area contributed by atoms with Crippen LogP contribution in [0.3, 0.4) is 0 Å². The second kappa shape index (κ2) is 8.19. The number of rotatable bonds is 6. The second-order valence-electron chi connectivity index (χ2n) is 6.54. The molecule has 1 atom stereocenters. The van der Waals surface area contributed by atoms with Crippen molar-refractivity contribution in [3.63, 3.8) is 0 Å². The van der Waals surface area contributed by atoms with Gasteiger partial charge in [0.05, 0.1) is 17.9 Å². The molecule has 0 saturated heterocycles. The fourth-order valence-corrected chi connectivity index (χ4v) is 5.94. The third-order valence-corrected chi connectivity index (χ3v) is 6.87. The molecule has 1 aliphatic rings. The molecule has 2 aromatic carbocycles. The predicted octanol–water partition coefficient (Wildman–Crippen LogP) is 2.57. The molecule has 1 heterocycles. The molecule has 2 aromatic rings. The van der Waals surface area contributed by atoms with Crippen molar-refractivity contribution < 1.29 is 13.2 Å². The highest BCUT2D eigenvalue weighted by Crippen LogP contribution is 2.43. The first-order chi connectivity index (χ1) is 13.7. The molecule has 0 aliphatic carbocycles. The van der Waals surface area contributed by atoms with E-state index in [1.54, 1.807) is 31.2 Å². The largest absolute Gasteiger partial charge is 0.364 e. The van der Waals surface area contributed by atoms with Crippen LogP contribution in [0, 0.1) is 11.3 Å². The summed E-state index contributed by atoms with van der Waals surface area (Å²) < 4.78 is 26.3. The lowest BCUT2D eigenvalue weighted by Crippen LogP contribution is -2.47. The molecule has 0 spiro atoms. The summed E-state index contributed by atoms with van der Waals surface area (Å²) in [7, 11) is -3.78. The summed E-state index contributed by atoms with van der Waals surface area (Å²) in [5.74, 6) is -0.789. The Bertz CT molecular complexity index is 1090. The van der Waals surface area contributed by atoms with E-state index >= 15 is 0 Å². The summed E-state index contributed by atoms with van der Waals surface area (Å²) in [5.41, 5.74) is 6.94. The quantitative estimate of drug-likeness (QED) is 0.758. The lowest BCUT2D eigenvalue weighted by molar-refractivity contribution is -0.115. The average Bonchev–Trinajstić information content (AvgIpc) is 3.04. The first-order valence-electron chi connectivity index (χ1n) is 8.70. The summed E-state index contributed by atoms with van der Waals surface area (Å²) in [6.07, 6.45) is 1.06. The van der Waals surface area contributed by atoms with Crippen LogP contribution in [0.5, 0.6) is 0 Å². The van der Waals surface area contributed by atoms with Gasteiger partial charge in [-0.05, 0) is 36.8 Å². The zero-order valence-electron chi connectivity index (χ0n) is 15.9. The summed E-state index contributed by atoms with van der Waals surface area (Å²) >= 11 is 1.26. The van der Waals surface area contributed by atoms with Gasteiger partial charge in [-0.25, -0.2) is 12.7 Å². The van der Waals surface area contributed by atoms with Crippen molar-refractivity contribution in [3.8, 4) is 6.07 Å². The van der Waals surface area contributed by atoms with Gasteiger partial charge in [-0.15, -0.1) is 0 Å². The van der Waals surface area contributed by atoms with Gasteiger partial charge in [-0.1, -0.05) is 42.1 Å². The normalized spacial score (nSPS) is 16.6. The van der Waals surface area contributed by atoms with E-state index in [4.69, 9.17) is 11.0 Å². The van der Waals surface area contributed by atoms with Crippen molar-refractivity contribution in [2.24, 2.45) is 5.73 Å². The van der Waals surface area contributed by atoms with Crippen molar-refractivity contribution >= 4 is 33.4 Å². The Balaban J connectivity index is 2.09. The smallest absolute Gasteiger partial charge is 0.266 e. The number of primary amides is 1. The molecule has 7 nitrogen and oxygen atoms in total. The molecule has 1 amide bonds. The monoisotopic (exact) mass is 428 g/mol. The number of thioether (sulfide) groups is 1. The van der Waals surface area contributed by atoms with Crippen LogP contribution in [0.25, 0.3) is 0 Å². The van der Waals surface area contributed by atoms with Crippen molar-refractivity contribution in [3.05, 3.63) is 76.3 Å². The first kappa shape index (κ1) is 20.8. The minimum atomic E-state index is -3.78.